The Bertz CT molecular complexity index is 392. The SMILES string of the molecule is FC(F)(F)CNCCC1CCN(Cc2ccccc2)C1. The molecule has 1 aliphatic rings. The molecule has 1 atom stereocenters. The molecule has 0 spiro atoms. The van der Waals surface area contributed by atoms with Gasteiger partial charge in [0, 0.05) is 13.1 Å². The fourth-order valence-electron chi connectivity index (χ4n) is 2.67. The number of benzene rings is 1. The Morgan fingerprint density at radius 1 is 1.20 bits per heavy atom. The van der Waals surface area contributed by atoms with Gasteiger partial charge in [0.05, 0.1) is 6.54 Å². The van der Waals surface area contributed by atoms with Crippen LogP contribution in [-0.4, -0.2) is 37.3 Å². The van der Waals surface area contributed by atoms with Crippen LogP contribution in [0.2, 0.25) is 0 Å². The van der Waals surface area contributed by atoms with Crippen molar-refractivity contribution in [3.05, 3.63) is 35.9 Å². The average Bonchev–Trinajstić information content (AvgIpc) is 2.82. The number of halogens is 3. The van der Waals surface area contributed by atoms with Crippen molar-refractivity contribution in [3.63, 3.8) is 0 Å². The summed E-state index contributed by atoms with van der Waals surface area (Å²) in [5.74, 6) is 0.513. The zero-order valence-electron chi connectivity index (χ0n) is 11.5. The van der Waals surface area contributed by atoms with Gasteiger partial charge in [0.2, 0.25) is 0 Å². The lowest BCUT2D eigenvalue weighted by Gasteiger charge is -2.16. The molecular formula is C15H21F3N2. The molecule has 1 N–H and O–H groups in total. The number of nitrogens with zero attached hydrogens (tertiary/aromatic N) is 1. The van der Waals surface area contributed by atoms with Crippen molar-refractivity contribution in [1.82, 2.24) is 10.2 Å². The van der Waals surface area contributed by atoms with Crippen LogP contribution in [-0.2, 0) is 6.54 Å². The highest BCUT2D eigenvalue weighted by atomic mass is 19.4. The molecular weight excluding hydrogens is 265 g/mol. The summed E-state index contributed by atoms with van der Waals surface area (Å²) in [4.78, 5) is 2.38. The van der Waals surface area contributed by atoms with E-state index < -0.39 is 12.7 Å². The lowest BCUT2D eigenvalue weighted by molar-refractivity contribution is -0.124. The first-order valence-corrected chi connectivity index (χ1v) is 7.07. The maximum Gasteiger partial charge on any atom is 0.401 e. The molecule has 5 heteroatoms. The predicted molar refractivity (Wildman–Crippen MR) is 73.4 cm³/mol. The van der Waals surface area contributed by atoms with Crippen molar-refractivity contribution in [1.29, 1.82) is 0 Å². The van der Waals surface area contributed by atoms with Crippen LogP contribution in [0.5, 0.6) is 0 Å². The number of nitrogens with one attached hydrogen (secondary N) is 1. The van der Waals surface area contributed by atoms with Crippen LogP contribution < -0.4 is 5.32 Å². The zero-order chi connectivity index (χ0) is 14.4. The molecule has 20 heavy (non-hydrogen) atoms. The zero-order valence-corrected chi connectivity index (χ0v) is 11.5. The van der Waals surface area contributed by atoms with E-state index in [1.807, 2.05) is 18.2 Å². The monoisotopic (exact) mass is 286 g/mol. The standard InChI is InChI=1S/C15H21F3N2/c16-15(17,18)12-19-8-6-14-7-9-20(11-14)10-13-4-2-1-3-5-13/h1-5,14,19H,6-12H2. The van der Waals surface area contributed by atoms with Gasteiger partial charge in [-0.15, -0.1) is 0 Å². The van der Waals surface area contributed by atoms with E-state index in [0.29, 0.717) is 12.5 Å². The molecule has 1 fully saturated rings. The van der Waals surface area contributed by atoms with Crippen molar-refractivity contribution >= 4 is 0 Å². The summed E-state index contributed by atoms with van der Waals surface area (Å²) < 4.78 is 36.0. The summed E-state index contributed by atoms with van der Waals surface area (Å²) in [6.45, 7) is 2.53. The molecule has 0 aliphatic carbocycles. The van der Waals surface area contributed by atoms with E-state index in [4.69, 9.17) is 0 Å². The van der Waals surface area contributed by atoms with Gasteiger partial charge >= 0.3 is 6.18 Å². The Morgan fingerprint density at radius 3 is 2.65 bits per heavy atom. The molecule has 1 unspecified atom stereocenters. The van der Waals surface area contributed by atoms with Crippen LogP contribution in [0.3, 0.4) is 0 Å². The van der Waals surface area contributed by atoms with E-state index in [0.717, 1.165) is 32.5 Å². The van der Waals surface area contributed by atoms with Gasteiger partial charge in [0.15, 0.2) is 0 Å². The molecule has 1 saturated heterocycles. The molecule has 0 bridgehead atoms. The third-order valence-corrected chi connectivity index (χ3v) is 3.67. The first kappa shape index (κ1) is 15.3. The molecule has 2 rings (SSSR count). The van der Waals surface area contributed by atoms with Crippen molar-refractivity contribution < 1.29 is 13.2 Å². The van der Waals surface area contributed by atoms with Gasteiger partial charge in [-0.1, -0.05) is 30.3 Å². The second kappa shape index (κ2) is 7.09. The van der Waals surface area contributed by atoms with E-state index >= 15 is 0 Å². The van der Waals surface area contributed by atoms with E-state index in [1.54, 1.807) is 0 Å². The number of hydrogen-bond acceptors (Lipinski definition) is 2. The Morgan fingerprint density at radius 2 is 1.95 bits per heavy atom. The first-order chi connectivity index (χ1) is 9.53. The minimum absolute atomic E-state index is 0.448. The maximum atomic E-state index is 12.0. The van der Waals surface area contributed by atoms with Gasteiger partial charge in [0.25, 0.3) is 0 Å². The summed E-state index contributed by atoms with van der Waals surface area (Å²) in [5.41, 5.74) is 1.29. The summed E-state index contributed by atoms with van der Waals surface area (Å²) in [6, 6.07) is 10.3. The van der Waals surface area contributed by atoms with Gasteiger partial charge in [-0.25, -0.2) is 0 Å². The Hall–Kier alpha value is -1.07. The van der Waals surface area contributed by atoms with E-state index in [9.17, 15) is 13.2 Å². The van der Waals surface area contributed by atoms with Gasteiger partial charge < -0.3 is 5.32 Å². The van der Waals surface area contributed by atoms with Crippen molar-refractivity contribution in [2.24, 2.45) is 5.92 Å². The van der Waals surface area contributed by atoms with Crippen LogP contribution in [0.15, 0.2) is 30.3 Å². The Kier molecular flexibility index (Phi) is 5.43. The van der Waals surface area contributed by atoms with Crippen molar-refractivity contribution in [3.8, 4) is 0 Å². The summed E-state index contributed by atoms with van der Waals surface area (Å²) >= 11 is 0. The van der Waals surface area contributed by atoms with Crippen LogP contribution in [0.25, 0.3) is 0 Å². The van der Waals surface area contributed by atoms with Crippen LogP contribution >= 0.6 is 0 Å². The van der Waals surface area contributed by atoms with E-state index in [2.05, 4.69) is 22.3 Å². The Labute approximate surface area is 118 Å². The first-order valence-electron chi connectivity index (χ1n) is 7.07. The minimum atomic E-state index is -4.10. The molecule has 1 heterocycles. The quantitative estimate of drug-likeness (QED) is 0.809. The summed E-state index contributed by atoms with van der Waals surface area (Å²) in [7, 11) is 0. The number of likely N-dealkylation sites (tertiary alicyclic amines) is 1. The predicted octanol–water partition coefficient (Wildman–Crippen LogP) is 3.05. The minimum Gasteiger partial charge on any atom is -0.309 e. The highest BCUT2D eigenvalue weighted by molar-refractivity contribution is 5.14. The molecule has 0 saturated carbocycles. The average molecular weight is 286 g/mol. The molecule has 1 aromatic rings. The molecule has 0 radical (unpaired) electrons. The number of rotatable bonds is 6. The topological polar surface area (TPSA) is 15.3 Å². The van der Waals surface area contributed by atoms with Crippen molar-refractivity contribution in [2.75, 3.05) is 26.2 Å². The molecule has 1 aromatic carbocycles. The highest BCUT2D eigenvalue weighted by Crippen LogP contribution is 2.21. The van der Waals surface area contributed by atoms with E-state index in [1.165, 1.54) is 5.56 Å². The molecule has 1 aliphatic heterocycles. The number of hydrogen-bond donors (Lipinski definition) is 1. The smallest absolute Gasteiger partial charge is 0.309 e. The van der Waals surface area contributed by atoms with Gasteiger partial charge in [-0.3, -0.25) is 4.90 Å². The summed E-state index contributed by atoms with van der Waals surface area (Å²) in [5, 5.41) is 2.47. The molecule has 2 nitrogen and oxygen atoms in total. The fraction of sp³-hybridized carbons (Fsp3) is 0.600. The lowest BCUT2D eigenvalue weighted by Crippen LogP contribution is -2.30. The van der Waals surface area contributed by atoms with Crippen LogP contribution in [0, 0.1) is 5.92 Å². The second-order valence-corrected chi connectivity index (χ2v) is 5.46. The molecule has 0 aromatic heterocycles. The van der Waals surface area contributed by atoms with Crippen molar-refractivity contribution in [2.45, 2.75) is 25.6 Å². The molecule has 0 amide bonds. The van der Waals surface area contributed by atoms with Gasteiger partial charge in [-0.2, -0.15) is 13.2 Å². The summed E-state index contributed by atoms with van der Waals surface area (Å²) in [6.07, 6.45) is -2.20. The molecule has 112 valence electrons. The highest BCUT2D eigenvalue weighted by Gasteiger charge is 2.27. The fourth-order valence-corrected chi connectivity index (χ4v) is 2.67. The van der Waals surface area contributed by atoms with E-state index in [-0.39, 0.29) is 0 Å². The third-order valence-electron chi connectivity index (χ3n) is 3.67. The van der Waals surface area contributed by atoms with Crippen LogP contribution in [0.4, 0.5) is 13.2 Å². The number of alkyl halides is 3. The third kappa shape index (κ3) is 5.51. The largest absolute Gasteiger partial charge is 0.401 e. The lowest BCUT2D eigenvalue weighted by atomic mass is 10.1. The van der Waals surface area contributed by atoms with Gasteiger partial charge in [0.1, 0.15) is 0 Å². The maximum absolute atomic E-state index is 12.0. The second-order valence-electron chi connectivity index (χ2n) is 5.46. The van der Waals surface area contributed by atoms with Crippen LogP contribution in [0.1, 0.15) is 18.4 Å². The normalized spacial score (nSPS) is 20.4. The van der Waals surface area contributed by atoms with Gasteiger partial charge in [-0.05, 0) is 37.4 Å². The Balaban J connectivity index is 1.63.